The first-order valence-corrected chi connectivity index (χ1v) is 8.84. The predicted octanol–water partition coefficient (Wildman–Crippen LogP) is 1.38. The van der Waals surface area contributed by atoms with E-state index in [-0.39, 0.29) is 11.7 Å². The second kappa shape index (κ2) is 6.58. The number of piperazine rings is 1. The molecule has 6 heteroatoms. The Morgan fingerprint density at radius 1 is 1.10 bits per heavy atom. The Hall–Kier alpha value is -1.40. The van der Waals surface area contributed by atoms with E-state index in [1.807, 2.05) is 38.1 Å². The molecule has 0 radical (unpaired) electrons. The number of hydrogen-bond acceptors (Lipinski definition) is 3. The van der Waals surface area contributed by atoms with Gasteiger partial charge < -0.3 is 4.90 Å². The lowest BCUT2D eigenvalue weighted by molar-refractivity contribution is -0.132. The molecule has 1 aliphatic heterocycles. The number of nitrogens with zero attached hydrogens (tertiary/aromatic N) is 2. The van der Waals surface area contributed by atoms with Crippen LogP contribution in [0, 0.1) is 6.92 Å². The minimum absolute atomic E-state index is 0.0228. The lowest BCUT2D eigenvalue weighted by atomic mass is 10.2. The van der Waals surface area contributed by atoms with Gasteiger partial charge in [-0.15, -0.1) is 0 Å². The minimum atomic E-state index is -3.31. The van der Waals surface area contributed by atoms with Gasteiger partial charge in [0.15, 0.2) is 0 Å². The molecule has 21 heavy (non-hydrogen) atoms. The molecule has 0 atom stereocenters. The highest BCUT2D eigenvalue weighted by molar-refractivity contribution is 7.88. The maximum atomic E-state index is 12.4. The first kappa shape index (κ1) is 16.0. The summed E-state index contributed by atoms with van der Waals surface area (Å²) >= 11 is 0. The van der Waals surface area contributed by atoms with E-state index < -0.39 is 10.0 Å². The van der Waals surface area contributed by atoms with Crippen LogP contribution in [-0.2, 0) is 20.6 Å². The van der Waals surface area contributed by atoms with Gasteiger partial charge in [-0.25, -0.2) is 8.42 Å². The van der Waals surface area contributed by atoms with Crippen LogP contribution in [0.3, 0.4) is 0 Å². The zero-order valence-electron chi connectivity index (χ0n) is 12.6. The van der Waals surface area contributed by atoms with Crippen LogP contribution in [0.25, 0.3) is 0 Å². The monoisotopic (exact) mass is 310 g/mol. The topological polar surface area (TPSA) is 57.7 Å². The third-order valence-electron chi connectivity index (χ3n) is 3.76. The van der Waals surface area contributed by atoms with Crippen molar-refractivity contribution in [3.63, 3.8) is 0 Å². The molecule has 0 aliphatic carbocycles. The summed E-state index contributed by atoms with van der Waals surface area (Å²) in [6, 6.07) is 7.54. The van der Waals surface area contributed by atoms with Crippen molar-refractivity contribution in [2.45, 2.75) is 26.0 Å². The quantitative estimate of drug-likeness (QED) is 0.844. The van der Waals surface area contributed by atoms with E-state index in [0.717, 1.165) is 11.1 Å². The first-order chi connectivity index (χ1) is 9.92. The Kier molecular flexibility index (Phi) is 5.00. The Bertz CT molecular complexity index is 588. The number of hydrogen-bond donors (Lipinski definition) is 0. The predicted molar refractivity (Wildman–Crippen MR) is 82.2 cm³/mol. The van der Waals surface area contributed by atoms with Crippen molar-refractivity contribution in [3.05, 3.63) is 35.4 Å². The first-order valence-electron chi connectivity index (χ1n) is 7.23. The van der Waals surface area contributed by atoms with Crippen LogP contribution in [0.4, 0.5) is 0 Å². The molecule has 0 unspecified atom stereocenters. The average Bonchev–Trinajstić information content (AvgIpc) is 2.49. The molecule has 1 amide bonds. The fourth-order valence-electron chi connectivity index (χ4n) is 2.43. The van der Waals surface area contributed by atoms with Crippen molar-refractivity contribution in [3.8, 4) is 0 Å². The van der Waals surface area contributed by atoms with Gasteiger partial charge in [0.05, 0.1) is 5.75 Å². The van der Waals surface area contributed by atoms with Crippen molar-refractivity contribution >= 4 is 15.9 Å². The molecule has 1 aromatic carbocycles. The fourth-order valence-corrected chi connectivity index (χ4v) is 3.94. The van der Waals surface area contributed by atoms with Gasteiger partial charge in [-0.2, -0.15) is 4.31 Å². The highest BCUT2D eigenvalue weighted by atomic mass is 32.2. The van der Waals surface area contributed by atoms with Crippen molar-refractivity contribution in [1.29, 1.82) is 0 Å². The zero-order chi connectivity index (χ0) is 15.5. The van der Waals surface area contributed by atoms with Crippen LogP contribution in [-0.4, -0.2) is 49.7 Å². The molecule has 0 saturated carbocycles. The van der Waals surface area contributed by atoms with E-state index in [0.29, 0.717) is 32.6 Å². The van der Waals surface area contributed by atoms with Crippen molar-refractivity contribution in [2.75, 3.05) is 26.2 Å². The molecule has 0 N–H and O–H groups in total. The van der Waals surface area contributed by atoms with Gasteiger partial charge in [0.2, 0.25) is 15.9 Å². The third kappa shape index (κ3) is 4.04. The molecular formula is C15H22N2O3S. The molecular weight excluding hydrogens is 288 g/mol. The lowest BCUT2D eigenvalue weighted by Gasteiger charge is -2.34. The van der Waals surface area contributed by atoms with E-state index in [2.05, 4.69) is 0 Å². The van der Waals surface area contributed by atoms with Crippen LogP contribution in [0.1, 0.15) is 24.5 Å². The summed E-state index contributed by atoms with van der Waals surface area (Å²) in [5.74, 6) is 0.111. The average molecular weight is 310 g/mol. The molecule has 1 fully saturated rings. The van der Waals surface area contributed by atoms with E-state index in [9.17, 15) is 13.2 Å². The standard InChI is InChI=1S/C15H22N2O3S/c1-3-15(18)16-8-10-17(11-9-16)21(19,20)12-14-6-4-13(2)5-7-14/h4-7H,3,8-12H2,1-2H3. The van der Waals surface area contributed by atoms with E-state index in [4.69, 9.17) is 0 Å². The summed E-state index contributed by atoms with van der Waals surface area (Å²) in [4.78, 5) is 13.3. The van der Waals surface area contributed by atoms with Gasteiger partial charge in [-0.1, -0.05) is 36.8 Å². The number of carbonyl (C=O) groups excluding carboxylic acids is 1. The largest absolute Gasteiger partial charge is 0.340 e. The molecule has 1 aromatic rings. The van der Waals surface area contributed by atoms with Crippen molar-refractivity contribution < 1.29 is 13.2 Å². The van der Waals surface area contributed by atoms with Crippen LogP contribution in [0.2, 0.25) is 0 Å². The van der Waals surface area contributed by atoms with Gasteiger partial charge in [0.1, 0.15) is 0 Å². The highest BCUT2D eigenvalue weighted by Gasteiger charge is 2.28. The Morgan fingerprint density at radius 3 is 2.19 bits per heavy atom. The van der Waals surface area contributed by atoms with E-state index in [1.165, 1.54) is 4.31 Å². The number of sulfonamides is 1. The molecule has 5 nitrogen and oxygen atoms in total. The second-order valence-electron chi connectivity index (χ2n) is 5.38. The number of benzene rings is 1. The molecule has 1 saturated heterocycles. The molecule has 116 valence electrons. The summed E-state index contributed by atoms with van der Waals surface area (Å²) in [5.41, 5.74) is 1.91. The second-order valence-corrected chi connectivity index (χ2v) is 7.34. The molecule has 1 heterocycles. The highest BCUT2D eigenvalue weighted by Crippen LogP contribution is 2.14. The Balaban J connectivity index is 1.98. The Morgan fingerprint density at radius 2 is 1.67 bits per heavy atom. The summed E-state index contributed by atoms with van der Waals surface area (Å²) in [7, 11) is -3.31. The number of amides is 1. The number of carbonyl (C=O) groups is 1. The number of rotatable bonds is 4. The molecule has 0 bridgehead atoms. The maximum Gasteiger partial charge on any atom is 0.222 e. The van der Waals surface area contributed by atoms with Crippen LogP contribution in [0.15, 0.2) is 24.3 Å². The van der Waals surface area contributed by atoms with Crippen LogP contribution >= 0.6 is 0 Å². The van der Waals surface area contributed by atoms with Gasteiger partial charge >= 0.3 is 0 Å². The van der Waals surface area contributed by atoms with Gasteiger partial charge in [0.25, 0.3) is 0 Å². The van der Waals surface area contributed by atoms with Crippen molar-refractivity contribution in [1.82, 2.24) is 9.21 Å². The summed E-state index contributed by atoms with van der Waals surface area (Å²) in [6.07, 6.45) is 0.468. The van der Waals surface area contributed by atoms with E-state index >= 15 is 0 Å². The smallest absolute Gasteiger partial charge is 0.222 e. The van der Waals surface area contributed by atoms with Crippen LogP contribution < -0.4 is 0 Å². The summed E-state index contributed by atoms with van der Waals surface area (Å²) in [5, 5.41) is 0. The normalized spacial score (nSPS) is 17.0. The summed E-state index contributed by atoms with van der Waals surface area (Å²) < 4.78 is 26.3. The zero-order valence-corrected chi connectivity index (χ0v) is 13.4. The SMILES string of the molecule is CCC(=O)N1CCN(S(=O)(=O)Cc2ccc(C)cc2)CC1. The maximum absolute atomic E-state index is 12.4. The Labute approximate surface area is 126 Å². The lowest BCUT2D eigenvalue weighted by Crippen LogP contribution is -2.50. The third-order valence-corrected chi connectivity index (χ3v) is 5.61. The molecule has 0 spiro atoms. The minimum Gasteiger partial charge on any atom is -0.340 e. The number of aryl methyl sites for hydroxylation is 1. The molecule has 0 aromatic heterocycles. The van der Waals surface area contributed by atoms with Crippen LogP contribution in [0.5, 0.6) is 0 Å². The fraction of sp³-hybridized carbons (Fsp3) is 0.533. The summed E-state index contributed by atoms with van der Waals surface area (Å²) in [6.45, 7) is 5.55. The molecule has 2 rings (SSSR count). The van der Waals surface area contributed by atoms with Gasteiger partial charge in [-0.05, 0) is 12.5 Å². The van der Waals surface area contributed by atoms with Gasteiger partial charge in [0, 0.05) is 32.6 Å². The van der Waals surface area contributed by atoms with Gasteiger partial charge in [-0.3, -0.25) is 4.79 Å². The molecule has 1 aliphatic rings. The van der Waals surface area contributed by atoms with E-state index in [1.54, 1.807) is 4.90 Å². The van der Waals surface area contributed by atoms with Crippen molar-refractivity contribution in [2.24, 2.45) is 0 Å².